The fraction of sp³-hybridized carbons (Fsp3) is 0.500. The van der Waals surface area contributed by atoms with Gasteiger partial charge in [0.1, 0.15) is 5.69 Å². The number of nitrogens with zero attached hydrogens (tertiary/aromatic N) is 2. The van der Waals surface area contributed by atoms with E-state index >= 15 is 0 Å². The zero-order chi connectivity index (χ0) is 16.1. The Labute approximate surface area is 130 Å². The minimum Gasteiger partial charge on any atom is -0.493 e. The Morgan fingerprint density at radius 3 is 2.91 bits per heavy atom. The summed E-state index contributed by atoms with van der Waals surface area (Å²) in [6.45, 7) is 7.02. The number of fused-ring (bicyclic) bond motifs is 1. The number of imidazole rings is 1. The van der Waals surface area contributed by atoms with E-state index in [1.807, 2.05) is 39.1 Å². The molecule has 0 aromatic carbocycles. The maximum atomic E-state index is 12.4. The normalized spacial score (nSPS) is 11.1. The van der Waals surface area contributed by atoms with Crippen LogP contribution in [0.3, 0.4) is 0 Å². The molecule has 0 aliphatic heterocycles. The van der Waals surface area contributed by atoms with E-state index in [-0.39, 0.29) is 12.0 Å². The minimum absolute atomic E-state index is 0.136. The highest BCUT2D eigenvalue weighted by molar-refractivity contribution is 5.94. The largest absolute Gasteiger partial charge is 0.493 e. The number of pyridine rings is 1. The number of amides is 1. The van der Waals surface area contributed by atoms with Gasteiger partial charge in [0.05, 0.1) is 18.9 Å². The molecule has 0 bridgehead atoms. The molecule has 6 heteroatoms. The third-order valence-electron chi connectivity index (χ3n) is 3.28. The van der Waals surface area contributed by atoms with Crippen molar-refractivity contribution >= 4 is 11.6 Å². The molecule has 0 fully saturated rings. The van der Waals surface area contributed by atoms with Gasteiger partial charge in [0.2, 0.25) is 0 Å². The van der Waals surface area contributed by atoms with Gasteiger partial charge in [-0.3, -0.25) is 9.20 Å². The molecule has 2 aromatic rings. The SMILES string of the molecule is COc1cccn2c(C(=O)NCCCOC(C)C)c(C)nc12. The summed E-state index contributed by atoms with van der Waals surface area (Å²) >= 11 is 0. The van der Waals surface area contributed by atoms with Crippen molar-refractivity contribution < 1.29 is 14.3 Å². The molecule has 120 valence electrons. The third-order valence-corrected chi connectivity index (χ3v) is 3.28. The van der Waals surface area contributed by atoms with E-state index in [0.717, 1.165) is 6.42 Å². The van der Waals surface area contributed by atoms with Crippen LogP contribution in [0.25, 0.3) is 5.65 Å². The first kappa shape index (κ1) is 16.3. The van der Waals surface area contributed by atoms with Gasteiger partial charge in [0.25, 0.3) is 5.91 Å². The van der Waals surface area contributed by atoms with Crippen molar-refractivity contribution in [3.8, 4) is 5.75 Å². The van der Waals surface area contributed by atoms with Crippen molar-refractivity contribution in [2.75, 3.05) is 20.3 Å². The molecule has 0 aliphatic carbocycles. The van der Waals surface area contributed by atoms with Gasteiger partial charge in [0.15, 0.2) is 11.4 Å². The van der Waals surface area contributed by atoms with Crippen LogP contribution in [0.2, 0.25) is 0 Å². The van der Waals surface area contributed by atoms with Crippen molar-refractivity contribution in [3.63, 3.8) is 0 Å². The predicted molar refractivity (Wildman–Crippen MR) is 84.5 cm³/mol. The van der Waals surface area contributed by atoms with E-state index in [9.17, 15) is 4.79 Å². The highest BCUT2D eigenvalue weighted by atomic mass is 16.5. The maximum absolute atomic E-state index is 12.4. The van der Waals surface area contributed by atoms with Crippen LogP contribution in [0.4, 0.5) is 0 Å². The number of ether oxygens (including phenoxy) is 2. The van der Waals surface area contributed by atoms with Crippen LogP contribution in [0, 0.1) is 6.92 Å². The Bertz CT molecular complexity index is 649. The number of methoxy groups -OCH3 is 1. The summed E-state index contributed by atoms with van der Waals surface area (Å²) in [5, 5.41) is 2.91. The van der Waals surface area contributed by atoms with Gasteiger partial charge in [-0.15, -0.1) is 0 Å². The summed E-state index contributed by atoms with van der Waals surface area (Å²) in [5.41, 5.74) is 1.87. The lowest BCUT2D eigenvalue weighted by Crippen LogP contribution is -2.27. The fourth-order valence-electron chi connectivity index (χ4n) is 2.27. The third kappa shape index (κ3) is 3.57. The van der Waals surface area contributed by atoms with Gasteiger partial charge in [-0.25, -0.2) is 4.98 Å². The lowest BCUT2D eigenvalue weighted by atomic mass is 10.3. The van der Waals surface area contributed by atoms with E-state index in [2.05, 4.69) is 10.3 Å². The molecule has 0 unspecified atom stereocenters. The van der Waals surface area contributed by atoms with E-state index in [1.165, 1.54) is 0 Å². The number of carbonyl (C=O) groups is 1. The molecule has 2 aromatic heterocycles. The number of aromatic nitrogens is 2. The molecule has 22 heavy (non-hydrogen) atoms. The number of hydrogen-bond donors (Lipinski definition) is 1. The number of carbonyl (C=O) groups excluding carboxylic acids is 1. The summed E-state index contributed by atoms with van der Waals surface area (Å²) in [6.07, 6.45) is 2.81. The molecule has 2 heterocycles. The first-order valence-corrected chi connectivity index (χ1v) is 7.46. The molecular formula is C16H23N3O3. The van der Waals surface area contributed by atoms with Crippen LogP contribution in [0.5, 0.6) is 5.75 Å². The Hall–Kier alpha value is -2.08. The molecule has 0 saturated heterocycles. The Morgan fingerprint density at radius 1 is 1.45 bits per heavy atom. The van der Waals surface area contributed by atoms with Crippen LogP contribution >= 0.6 is 0 Å². The van der Waals surface area contributed by atoms with E-state index in [4.69, 9.17) is 9.47 Å². The van der Waals surface area contributed by atoms with E-state index in [0.29, 0.717) is 35.9 Å². The Kier molecular flexibility index (Phi) is 5.38. The number of nitrogens with one attached hydrogen (secondary N) is 1. The molecule has 0 spiro atoms. The summed E-state index contributed by atoms with van der Waals surface area (Å²) in [6, 6.07) is 3.66. The van der Waals surface area contributed by atoms with Gasteiger partial charge in [-0.05, 0) is 39.3 Å². The highest BCUT2D eigenvalue weighted by Crippen LogP contribution is 2.21. The van der Waals surface area contributed by atoms with Gasteiger partial charge in [0, 0.05) is 19.3 Å². The van der Waals surface area contributed by atoms with Crippen LogP contribution < -0.4 is 10.1 Å². The van der Waals surface area contributed by atoms with Gasteiger partial charge >= 0.3 is 0 Å². The second-order valence-electron chi connectivity index (χ2n) is 5.34. The molecular weight excluding hydrogens is 282 g/mol. The van der Waals surface area contributed by atoms with Crippen LogP contribution in [0.15, 0.2) is 18.3 Å². The Balaban J connectivity index is 2.07. The highest BCUT2D eigenvalue weighted by Gasteiger charge is 2.18. The first-order valence-electron chi connectivity index (χ1n) is 7.46. The number of rotatable bonds is 7. The minimum atomic E-state index is -0.136. The zero-order valence-electron chi connectivity index (χ0n) is 13.5. The molecule has 0 saturated carbocycles. The van der Waals surface area contributed by atoms with Gasteiger partial charge in [-0.1, -0.05) is 0 Å². The molecule has 0 aliphatic rings. The van der Waals surface area contributed by atoms with Crippen LogP contribution in [0.1, 0.15) is 36.5 Å². The topological polar surface area (TPSA) is 64.9 Å². The number of hydrogen-bond acceptors (Lipinski definition) is 4. The molecule has 0 radical (unpaired) electrons. The standard InChI is InChI=1S/C16H23N3O3/c1-11(2)22-10-6-8-17-16(20)14-12(3)18-15-13(21-4)7-5-9-19(14)15/h5,7,9,11H,6,8,10H2,1-4H3,(H,17,20). The quantitative estimate of drug-likeness (QED) is 0.796. The molecule has 1 amide bonds. The molecule has 6 nitrogen and oxygen atoms in total. The summed E-state index contributed by atoms with van der Waals surface area (Å²) in [5.74, 6) is 0.512. The lowest BCUT2D eigenvalue weighted by molar-refractivity contribution is 0.0756. The van der Waals surface area contributed by atoms with Crippen LogP contribution in [-0.2, 0) is 4.74 Å². The molecule has 0 atom stereocenters. The van der Waals surface area contributed by atoms with Crippen molar-refractivity contribution in [3.05, 3.63) is 29.7 Å². The molecule has 1 N–H and O–H groups in total. The Morgan fingerprint density at radius 2 is 2.23 bits per heavy atom. The first-order chi connectivity index (χ1) is 10.5. The summed E-state index contributed by atoms with van der Waals surface area (Å²) < 4.78 is 12.5. The average Bonchev–Trinajstić information content (AvgIpc) is 2.82. The maximum Gasteiger partial charge on any atom is 0.270 e. The van der Waals surface area contributed by atoms with Crippen molar-refractivity contribution in [1.82, 2.24) is 14.7 Å². The monoisotopic (exact) mass is 305 g/mol. The summed E-state index contributed by atoms with van der Waals surface area (Å²) in [4.78, 5) is 16.8. The average molecular weight is 305 g/mol. The van der Waals surface area contributed by atoms with Gasteiger partial charge < -0.3 is 14.8 Å². The molecule has 2 rings (SSSR count). The fourth-order valence-corrected chi connectivity index (χ4v) is 2.27. The second kappa shape index (κ2) is 7.26. The number of aryl methyl sites for hydroxylation is 1. The van der Waals surface area contributed by atoms with Crippen molar-refractivity contribution in [2.45, 2.75) is 33.3 Å². The zero-order valence-corrected chi connectivity index (χ0v) is 13.5. The lowest BCUT2D eigenvalue weighted by Gasteiger charge is -2.09. The predicted octanol–water partition coefficient (Wildman–Crippen LogP) is 2.20. The van der Waals surface area contributed by atoms with Gasteiger partial charge in [-0.2, -0.15) is 0 Å². The second-order valence-corrected chi connectivity index (χ2v) is 5.34. The van der Waals surface area contributed by atoms with E-state index in [1.54, 1.807) is 11.5 Å². The van der Waals surface area contributed by atoms with Crippen molar-refractivity contribution in [2.24, 2.45) is 0 Å². The summed E-state index contributed by atoms with van der Waals surface area (Å²) in [7, 11) is 1.59. The smallest absolute Gasteiger partial charge is 0.270 e. The van der Waals surface area contributed by atoms with Crippen molar-refractivity contribution in [1.29, 1.82) is 0 Å². The van der Waals surface area contributed by atoms with E-state index < -0.39 is 0 Å². The van der Waals surface area contributed by atoms with Crippen LogP contribution in [-0.4, -0.2) is 41.7 Å².